The van der Waals surface area contributed by atoms with Crippen LogP contribution in [0.3, 0.4) is 0 Å². The molecule has 2 fully saturated rings. The van der Waals surface area contributed by atoms with Crippen molar-refractivity contribution in [3.8, 4) is 23.7 Å². The standard InChI is InChI=1S/C27H36O6/c1-3-4-9-19(2)23(28)14-13-21-22-16-20(10-5-6-11-25(30)31)17-27(22,18-24(21)29)15-8-7-12-26(32)33/h10,13-14,19,21-24,28-29H,5-7,9,11-12,16-18H2,1-2H3,(H,30,31)(H,32,33)/b14-13+,20-10-/t19?,21-,22-,23-,24-,27+/m1/s1. The van der Waals surface area contributed by atoms with Crippen LogP contribution >= 0.6 is 0 Å². The molecule has 4 N–H and O–H groups in total. The maximum atomic E-state index is 10.9. The Hall–Kier alpha value is -2.54. The number of carboxylic acid groups (broad SMARTS) is 2. The van der Waals surface area contributed by atoms with Gasteiger partial charge in [-0.15, -0.1) is 17.8 Å². The van der Waals surface area contributed by atoms with Crippen molar-refractivity contribution in [2.45, 2.75) is 83.8 Å². The second kappa shape index (κ2) is 12.6. The van der Waals surface area contributed by atoms with Crippen molar-refractivity contribution in [2.75, 3.05) is 0 Å². The highest BCUT2D eigenvalue weighted by atomic mass is 16.4. The van der Waals surface area contributed by atoms with Crippen LogP contribution in [0.5, 0.6) is 0 Å². The van der Waals surface area contributed by atoms with Crippen LogP contribution in [0.25, 0.3) is 0 Å². The quantitative estimate of drug-likeness (QED) is 0.226. The third-order valence-electron chi connectivity index (χ3n) is 6.76. The van der Waals surface area contributed by atoms with Crippen LogP contribution < -0.4 is 0 Å². The number of aliphatic hydroxyl groups is 2. The summed E-state index contributed by atoms with van der Waals surface area (Å²) in [5.41, 5.74) is 0.797. The second-order valence-electron chi connectivity index (χ2n) is 9.32. The van der Waals surface area contributed by atoms with Crippen molar-refractivity contribution in [3.63, 3.8) is 0 Å². The van der Waals surface area contributed by atoms with E-state index in [1.54, 1.807) is 13.0 Å². The van der Waals surface area contributed by atoms with Crippen LogP contribution in [0, 0.1) is 46.9 Å². The van der Waals surface area contributed by atoms with Gasteiger partial charge in [-0.25, -0.2) is 0 Å². The Balaban J connectivity index is 2.19. The van der Waals surface area contributed by atoms with Gasteiger partial charge in [0.25, 0.3) is 0 Å². The Kier molecular flexibility index (Phi) is 10.2. The average molecular weight is 457 g/mol. The highest BCUT2D eigenvalue weighted by molar-refractivity contribution is 5.67. The van der Waals surface area contributed by atoms with Crippen molar-refractivity contribution in [1.82, 2.24) is 0 Å². The zero-order chi connectivity index (χ0) is 24.4. The topological polar surface area (TPSA) is 115 Å². The van der Waals surface area contributed by atoms with Gasteiger partial charge in [0.15, 0.2) is 0 Å². The molecule has 2 rings (SSSR count). The Morgan fingerprint density at radius 3 is 2.61 bits per heavy atom. The Labute approximate surface area is 196 Å². The summed E-state index contributed by atoms with van der Waals surface area (Å²) in [5.74, 6) is 10.4. The average Bonchev–Trinajstić information content (AvgIpc) is 3.21. The lowest BCUT2D eigenvalue weighted by Gasteiger charge is -2.24. The summed E-state index contributed by atoms with van der Waals surface area (Å²) in [7, 11) is 0. The maximum Gasteiger partial charge on any atom is 0.304 e. The number of aliphatic hydroxyl groups excluding tert-OH is 2. The Morgan fingerprint density at radius 1 is 1.21 bits per heavy atom. The predicted octanol–water partition coefficient (Wildman–Crippen LogP) is 3.78. The Morgan fingerprint density at radius 2 is 1.94 bits per heavy atom. The van der Waals surface area contributed by atoms with Crippen LogP contribution in [0.15, 0.2) is 23.8 Å². The van der Waals surface area contributed by atoms with Gasteiger partial charge in [0.2, 0.25) is 0 Å². The fourth-order valence-electron chi connectivity index (χ4n) is 4.98. The zero-order valence-corrected chi connectivity index (χ0v) is 19.6. The number of fused-ring (bicyclic) bond motifs is 1. The van der Waals surface area contributed by atoms with Gasteiger partial charge in [0, 0.05) is 30.6 Å². The minimum absolute atomic E-state index is 0.0117. The van der Waals surface area contributed by atoms with E-state index in [-0.39, 0.29) is 37.0 Å². The summed E-state index contributed by atoms with van der Waals surface area (Å²) in [6, 6.07) is 0. The summed E-state index contributed by atoms with van der Waals surface area (Å²) in [6.07, 6.45) is 8.80. The molecule has 0 saturated heterocycles. The van der Waals surface area contributed by atoms with Gasteiger partial charge in [0.1, 0.15) is 0 Å². The summed E-state index contributed by atoms with van der Waals surface area (Å²) >= 11 is 0. The molecule has 0 aliphatic heterocycles. The van der Waals surface area contributed by atoms with Crippen LogP contribution in [0.2, 0.25) is 0 Å². The Bertz CT molecular complexity index is 880. The van der Waals surface area contributed by atoms with Gasteiger partial charge in [-0.05, 0) is 50.9 Å². The first-order chi connectivity index (χ1) is 15.7. The van der Waals surface area contributed by atoms with Crippen molar-refractivity contribution in [1.29, 1.82) is 0 Å². The molecule has 33 heavy (non-hydrogen) atoms. The van der Waals surface area contributed by atoms with E-state index in [1.807, 2.05) is 13.0 Å². The normalized spacial score (nSPS) is 29.1. The molecule has 0 amide bonds. The molecule has 6 atom stereocenters. The summed E-state index contributed by atoms with van der Waals surface area (Å²) in [4.78, 5) is 21.6. The molecule has 180 valence electrons. The van der Waals surface area contributed by atoms with E-state index in [9.17, 15) is 19.8 Å². The van der Waals surface area contributed by atoms with Crippen molar-refractivity contribution in [2.24, 2.45) is 23.2 Å². The smallest absolute Gasteiger partial charge is 0.304 e. The van der Waals surface area contributed by atoms with Crippen LogP contribution in [0.1, 0.15) is 71.6 Å². The molecule has 2 saturated carbocycles. The molecule has 0 aromatic carbocycles. The fourth-order valence-corrected chi connectivity index (χ4v) is 4.98. The zero-order valence-electron chi connectivity index (χ0n) is 19.6. The van der Waals surface area contributed by atoms with E-state index in [0.717, 1.165) is 6.42 Å². The molecule has 0 spiro atoms. The predicted molar refractivity (Wildman–Crippen MR) is 126 cm³/mol. The third-order valence-corrected chi connectivity index (χ3v) is 6.76. The van der Waals surface area contributed by atoms with E-state index < -0.39 is 29.6 Å². The van der Waals surface area contributed by atoms with Gasteiger partial charge < -0.3 is 20.4 Å². The van der Waals surface area contributed by atoms with Gasteiger partial charge >= 0.3 is 11.9 Å². The highest BCUT2D eigenvalue weighted by Crippen LogP contribution is 2.59. The van der Waals surface area contributed by atoms with E-state index >= 15 is 0 Å². The summed E-state index contributed by atoms with van der Waals surface area (Å²) in [6.45, 7) is 3.71. The van der Waals surface area contributed by atoms with Crippen molar-refractivity contribution >= 4 is 11.9 Å². The molecule has 0 radical (unpaired) electrons. The molecular weight excluding hydrogens is 420 g/mol. The maximum absolute atomic E-state index is 10.9. The van der Waals surface area contributed by atoms with E-state index in [0.29, 0.717) is 32.1 Å². The lowest BCUT2D eigenvalue weighted by atomic mass is 9.78. The van der Waals surface area contributed by atoms with Crippen LogP contribution in [0.4, 0.5) is 0 Å². The highest BCUT2D eigenvalue weighted by Gasteiger charge is 2.55. The minimum Gasteiger partial charge on any atom is -0.481 e. The first-order valence-corrected chi connectivity index (χ1v) is 11.7. The van der Waals surface area contributed by atoms with E-state index in [1.165, 1.54) is 5.57 Å². The van der Waals surface area contributed by atoms with E-state index in [2.05, 4.69) is 29.8 Å². The molecule has 0 heterocycles. The SMILES string of the molecule is CC#CCC(C)[C@H](O)/C=C/[C@H]1[C@H](O)C[C@]2(C#CCCC(=O)O)C/C(=C\CCCC(=O)O)C[C@H]12. The monoisotopic (exact) mass is 456 g/mol. The van der Waals surface area contributed by atoms with Gasteiger partial charge in [0.05, 0.1) is 18.6 Å². The number of aliphatic carboxylic acids is 2. The molecule has 2 aliphatic carbocycles. The number of carboxylic acids is 2. The molecule has 0 aromatic rings. The lowest BCUT2D eigenvalue weighted by molar-refractivity contribution is -0.138. The molecule has 0 bridgehead atoms. The largest absolute Gasteiger partial charge is 0.481 e. The summed E-state index contributed by atoms with van der Waals surface area (Å²) < 4.78 is 0. The third kappa shape index (κ3) is 7.77. The molecule has 6 nitrogen and oxygen atoms in total. The van der Waals surface area contributed by atoms with Crippen LogP contribution in [-0.4, -0.2) is 44.6 Å². The second-order valence-corrected chi connectivity index (χ2v) is 9.32. The molecule has 6 heteroatoms. The van der Waals surface area contributed by atoms with Gasteiger partial charge in [-0.3, -0.25) is 9.59 Å². The first kappa shape index (κ1) is 26.7. The fraction of sp³-hybridized carbons (Fsp3) is 0.630. The van der Waals surface area contributed by atoms with Crippen molar-refractivity contribution in [3.05, 3.63) is 23.8 Å². The summed E-state index contributed by atoms with van der Waals surface area (Å²) in [5, 5.41) is 39.1. The number of hydrogen-bond donors (Lipinski definition) is 4. The van der Waals surface area contributed by atoms with Crippen LogP contribution in [-0.2, 0) is 9.59 Å². The van der Waals surface area contributed by atoms with Crippen molar-refractivity contribution < 1.29 is 30.0 Å². The van der Waals surface area contributed by atoms with Gasteiger partial charge in [-0.2, -0.15) is 0 Å². The number of rotatable bonds is 10. The van der Waals surface area contributed by atoms with Gasteiger partial charge in [-0.1, -0.05) is 36.6 Å². The number of allylic oxidation sites excluding steroid dienone is 2. The first-order valence-electron chi connectivity index (χ1n) is 11.7. The van der Waals surface area contributed by atoms with E-state index in [4.69, 9.17) is 10.2 Å². The molecular formula is C27H36O6. The molecule has 1 unspecified atom stereocenters. The molecule has 2 aliphatic rings. The number of carbonyl (C=O) groups is 2. The number of hydrogen-bond acceptors (Lipinski definition) is 4. The number of unbranched alkanes of at least 4 members (excludes halogenated alkanes) is 1. The molecule has 0 aromatic heterocycles. The lowest BCUT2D eigenvalue weighted by Crippen LogP contribution is -2.22. The minimum atomic E-state index is -0.882.